The molecule has 0 aliphatic carbocycles. The number of aromatic nitrogens is 1. The lowest BCUT2D eigenvalue weighted by Crippen LogP contribution is -2.24. The maximum Gasteiger partial charge on any atom is 0.126 e. The molecule has 0 unspecified atom stereocenters. The van der Waals surface area contributed by atoms with Gasteiger partial charge in [-0.2, -0.15) is 23.5 Å². The summed E-state index contributed by atoms with van der Waals surface area (Å²) in [6.07, 6.45) is 6.57. The fraction of sp³-hybridized carbons (Fsp3) is 0.583. The second-order valence-electron chi connectivity index (χ2n) is 4.01. The molecule has 1 aliphatic heterocycles. The van der Waals surface area contributed by atoms with Crippen molar-refractivity contribution in [2.75, 3.05) is 23.1 Å². The molecule has 2 rings (SSSR count). The first-order chi connectivity index (χ1) is 7.88. The smallest absolute Gasteiger partial charge is 0.126 e. The van der Waals surface area contributed by atoms with Crippen LogP contribution in [0.25, 0.3) is 0 Å². The number of rotatable bonds is 4. The summed E-state index contributed by atoms with van der Waals surface area (Å²) in [5, 5.41) is 3.55. The molecule has 1 aromatic heterocycles. The van der Waals surface area contributed by atoms with Crippen molar-refractivity contribution in [1.29, 1.82) is 0 Å². The molecule has 1 N–H and O–H groups in total. The minimum absolute atomic E-state index is 0.623. The Kier molecular flexibility index (Phi) is 4.85. The number of anilines is 1. The molecular weight excluding hydrogens is 236 g/mol. The van der Waals surface area contributed by atoms with Gasteiger partial charge in [0.2, 0.25) is 0 Å². The van der Waals surface area contributed by atoms with E-state index >= 15 is 0 Å². The average molecular weight is 254 g/mol. The molecule has 0 aromatic carbocycles. The Morgan fingerprint density at radius 2 is 2.31 bits per heavy atom. The molecule has 88 valence electrons. The van der Waals surface area contributed by atoms with E-state index in [2.05, 4.69) is 40.5 Å². The molecular formula is C12H18N2S2. The Hall–Kier alpha value is -0.350. The fourth-order valence-electron chi connectivity index (χ4n) is 1.86. The van der Waals surface area contributed by atoms with Gasteiger partial charge in [0.25, 0.3) is 0 Å². The minimum atomic E-state index is 0.623. The number of hydrogen-bond donors (Lipinski definition) is 1. The second-order valence-corrected chi connectivity index (χ2v) is 6.10. The van der Waals surface area contributed by atoms with Gasteiger partial charge in [-0.3, -0.25) is 0 Å². The summed E-state index contributed by atoms with van der Waals surface area (Å²) in [4.78, 5) is 4.39. The normalized spacial score (nSPS) is 17.3. The standard InChI is InChI=1S/C12H18N2S2/c1-15-9-10-2-5-13-12(8-10)14-11-3-6-16-7-4-11/h2,5,8,11H,3-4,6-7,9H2,1H3,(H,13,14). The van der Waals surface area contributed by atoms with Gasteiger partial charge >= 0.3 is 0 Å². The molecule has 0 saturated carbocycles. The van der Waals surface area contributed by atoms with Gasteiger partial charge in [0, 0.05) is 18.0 Å². The Balaban J connectivity index is 1.94. The van der Waals surface area contributed by atoms with Crippen LogP contribution in [0, 0.1) is 0 Å². The Bertz CT molecular complexity index is 325. The number of thioether (sulfide) groups is 2. The highest BCUT2D eigenvalue weighted by Crippen LogP contribution is 2.21. The first-order valence-corrected chi connectivity index (χ1v) is 8.21. The summed E-state index contributed by atoms with van der Waals surface area (Å²) < 4.78 is 0. The molecule has 2 nitrogen and oxygen atoms in total. The maximum atomic E-state index is 4.39. The van der Waals surface area contributed by atoms with Crippen LogP contribution in [0.5, 0.6) is 0 Å². The third-order valence-electron chi connectivity index (χ3n) is 2.71. The van der Waals surface area contributed by atoms with Crippen molar-refractivity contribution in [2.24, 2.45) is 0 Å². The Morgan fingerprint density at radius 1 is 1.50 bits per heavy atom. The molecule has 1 aromatic rings. The van der Waals surface area contributed by atoms with E-state index in [1.54, 1.807) is 0 Å². The van der Waals surface area contributed by atoms with Crippen LogP contribution in [0.15, 0.2) is 18.3 Å². The van der Waals surface area contributed by atoms with Crippen LogP contribution >= 0.6 is 23.5 Å². The van der Waals surface area contributed by atoms with E-state index in [-0.39, 0.29) is 0 Å². The SMILES string of the molecule is CSCc1ccnc(NC2CCSCC2)c1. The van der Waals surface area contributed by atoms with Gasteiger partial charge in [-0.25, -0.2) is 4.98 Å². The molecule has 0 radical (unpaired) electrons. The van der Waals surface area contributed by atoms with Crippen molar-refractivity contribution in [3.63, 3.8) is 0 Å². The van der Waals surface area contributed by atoms with E-state index in [4.69, 9.17) is 0 Å². The van der Waals surface area contributed by atoms with Gasteiger partial charge in [0.05, 0.1) is 0 Å². The van der Waals surface area contributed by atoms with Crippen LogP contribution in [0.3, 0.4) is 0 Å². The van der Waals surface area contributed by atoms with Crippen molar-refractivity contribution >= 4 is 29.3 Å². The summed E-state index contributed by atoms with van der Waals surface area (Å²) in [5.74, 6) is 4.67. The van der Waals surface area contributed by atoms with Crippen molar-refractivity contribution in [3.8, 4) is 0 Å². The molecule has 0 atom stereocenters. The summed E-state index contributed by atoms with van der Waals surface area (Å²) in [5.41, 5.74) is 1.36. The molecule has 1 fully saturated rings. The third-order valence-corrected chi connectivity index (χ3v) is 4.38. The van der Waals surface area contributed by atoms with E-state index < -0.39 is 0 Å². The van der Waals surface area contributed by atoms with E-state index in [0.717, 1.165) is 11.6 Å². The van der Waals surface area contributed by atoms with Crippen LogP contribution in [0.1, 0.15) is 18.4 Å². The lowest BCUT2D eigenvalue weighted by atomic mass is 10.1. The van der Waals surface area contributed by atoms with Gasteiger partial charge in [-0.15, -0.1) is 0 Å². The highest BCUT2D eigenvalue weighted by Gasteiger charge is 2.13. The molecule has 2 heterocycles. The number of hydrogen-bond acceptors (Lipinski definition) is 4. The van der Waals surface area contributed by atoms with Crippen LogP contribution in [-0.4, -0.2) is 28.8 Å². The quantitative estimate of drug-likeness (QED) is 0.891. The van der Waals surface area contributed by atoms with Gasteiger partial charge in [0.1, 0.15) is 5.82 Å². The molecule has 1 aliphatic rings. The lowest BCUT2D eigenvalue weighted by molar-refractivity contribution is 0.663. The number of nitrogens with one attached hydrogen (secondary N) is 1. The van der Waals surface area contributed by atoms with Gasteiger partial charge in [-0.05, 0) is 48.3 Å². The molecule has 0 amide bonds. The van der Waals surface area contributed by atoms with Crippen LogP contribution < -0.4 is 5.32 Å². The fourth-order valence-corrected chi connectivity index (χ4v) is 3.48. The summed E-state index contributed by atoms with van der Waals surface area (Å²) in [6.45, 7) is 0. The van der Waals surface area contributed by atoms with E-state index in [1.807, 2.05) is 18.0 Å². The summed E-state index contributed by atoms with van der Waals surface area (Å²) in [7, 11) is 0. The topological polar surface area (TPSA) is 24.9 Å². The Morgan fingerprint density at radius 3 is 3.06 bits per heavy atom. The van der Waals surface area contributed by atoms with Gasteiger partial charge in [-0.1, -0.05) is 0 Å². The van der Waals surface area contributed by atoms with Crippen LogP contribution in [0.4, 0.5) is 5.82 Å². The monoisotopic (exact) mass is 254 g/mol. The molecule has 16 heavy (non-hydrogen) atoms. The third kappa shape index (κ3) is 3.59. The zero-order valence-electron chi connectivity index (χ0n) is 9.61. The first kappa shape index (κ1) is 12.1. The maximum absolute atomic E-state index is 4.39. The zero-order valence-corrected chi connectivity index (χ0v) is 11.2. The summed E-state index contributed by atoms with van der Waals surface area (Å²) in [6, 6.07) is 4.90. The number of nitrogens with zero attached hydrogens (tertiary/aromatic N) is 1. The highest BCUT2D eigenvalue weighted by atomic mass is 32.2. The highest BCUT2D eigenvalue weighted by molar-refractivity contribution is 7.99. The van der Waals surface area contributed by atoms with Gasteiger partial charge < -0.3 is 5.32 Å². The second kappa shape index (κ2) is 6.40. The minimum Gasteiger partial charge on any atom is -0.367 e. The van der Waals surface area contributed by atoms with Gasteiger partial charge in [0.15, 0.2) is 0 Å². The number of pyridine rings is 1. The van der Waals surface area contributed by atoms with Crippen molar-refractivity contribution in [2.45, 2.75) is 24.6 Å². The van der Waals surface area contributed by atoms with Crippen molar-refractivity contribution < 1.29 is 0 Å². The van der Waals surface area contributed by atoms with Crippen LogP contribution in [-0.2, 0) is 5.75 Å². The molecule has 0 bridgehead atoms. The van der Waals surface area contributed by atoms with E-state index in [1.165, 1.54) is 29.9 Å². The Labute approximate surface area is 106 Å². The molecule has 1 saturated heterocycles. The van der Waals surface area contributed by atoms with E-state index in [0.29, 0.717) is 6.04 Å². The lowest BCUT2D eigenvalue weighted by Gasteiger charge is -2.23. The zero-order chi connectivity index (χ0) is 11.2. The summed E-state index contributed by atoms with van der Waals surface area (Å²) >= 11 is 3.91. The molecule has 0 spiro atoms. The first-order valence-electron chi connectivity index (χ1n) is 5.66. The average Bonchev–Trinajstić information content (AvgIpc) is 2.31. The predicted octanol–water partition coefficient (Wildman–Crippen LogP) is 3.25. The van der Waals surface area contributed by atoms with E-state index in [9.17, 15) is 0 Å². The predicted molar refractivity (Wildman–Crippen MR) is 75.4 cm³/mol. The molecule has 4 heteroatoms. The van der Waals surface area contributed by atoms with Crippen molar-refractivity contribution in [3.05, 3.63) is 23.9 Å². The largest absolute Gasteiger partial charge is 0.367 e. The van der Waals surface area contributed by atoms with Crippen molar-refractivity contribution in [1.82, 2.24) is 4.98 Å². The van der Waals surface area contributed by atoms with Crippen LogP contribution in [0.2, 0.25) is 0 Å².